The van der Waals surface area contributed by atoms with Crippen molar-refractivity contribution in [2.24, 2.45) is 0 Å². The summed E-state index contributed by atoms with van der Waals surface area (Å²) in [7, 11) is 0. The minimum absolute atomic E-state index is 0.479. The van der Waals surface area contributed by atoms with Gasteiger partial charge in [0.05, 0.1) is 5.37 Å². The molecule has 1 aromatic carbocycles. The maximum Gasteiger partial charge on any atom is 0.160 e. The second-order valence-corrected chi connectivity index (χ2v) is 7.01. The molecule has 1 fully saturated rings. The topological polar surface area (TPSA) is 30.7 Å². The van der Waals surface area contributed by atoms with Gasteiger partial charge in [0.25, 0.3) is 0 Å². The van der Waals surface area contributed by atoms with E-state index in [1.807, 2.05) is 24.0 Å². The van der Waals surface area contributed by atoms with Gasteiger partial charge < -0.3 is 0 Å². The van der Waals surface area contributed by atoms with Crippen LogP contribution in [0.15, 0.2) is 48.7 Å². The van der Waals surface area contributed by atoms with Crippen LogP contribution < -0.4 is 0 Å². The Morgan fingerprint density at radius 1 is 1.09 bits per heavy atom. The normalized spacial score (nSPS) is 18.6. The molecule has 0 saturated carbocycles. The van der Waals surface area contributed by atoms with Crippen LogP contribution in [0.1, 0.15) is 36.0 Å². The van der Waals surface area contributed by atoms with Gasteiger partial charge >= 0.3 is 0 Å². The molecule has 0 amide bonds. The minimum atomic E-state index is 0.479. The molecule has 1 aliphatic rings. The quantitative estimate of drug-likeness (QED) is 0.716. The van der Waals surface area contributed by atoms with Gasteiger partial charge in [-0.25, -0.2) is 9.97 Å². The van der Waals surface area contributed by atoms with Crippen molar-refractivity contribution in [2.75, 3.05) is 5.75 Å². The van der Waals surface area contributed by atoms with Crippen LogP contribution in [-0.2, 0) is 6.42 Å². The Bertz CT molecular complexity index is 760. The molecule has 0 aliphatic carbocycles. The predicted octanol–water partition coefficient (Wildman–Crippen LogP) is 4.44. The average molecular weight is 309 g/mol. The Hall–Kier alpha value is -1.81. The van der Waals surface area contributed by atoms with Crippen molar-refractivity contribution in [1.29, 1.82) is 0 Å². The van der Waals surface area contributed by atoms with E-state index in [-0.39, 0.29) is 0 Å². The monoisotopic (exact) mass is 309 g/mol. The van der Waals surface area contributed by atoms with Crippen LogP contribution in [0.25, 0.3) is 11.2 Å². The molecule has 4 heteroatoms. The van der Waals surface area contributed by atoms with Crippen LogP contribution in [0, 0.1) is 0 Å². The van der Waals surface area contributed by atoms with E-state index in [1.54, 1.807) is 0 Å². The molecule has 0 radical (unpaired) electrons. The maximum atomic E-state index is 4.87. The van der Waals surface area contributed by atoms with Crippen molar-refractivity contribution in [3.8, 4) is 0 Å². The molecule has 1 unspecified atom stereocenters. The van der Waals surface area contributed by atoms with E-state index >= 15 is 0 Å². The maximum absolute atomic E-state index is 4.87. The Balaban J connectivity index is 1.79. The van der Waals surface area contributed by atoms with Crippen LogP contribution in [0.4, 0.5) is 0 Å². The zero-order valence-electron chi connectivity index (χ0n) is 12.5. The van der Waals surface area contributed by atoms with Gasteiger partial charge in [0.2, 0.25) is 0 Å². The lowest BCUT2D eigenvalue weighted by molar-refractivity contribution is 0.562. The minimum Gasteiger partial charge on any atom is -0.300 e. The Morgan fingerprint density at radius 2 is 2.00 bits per heavy atom. The summed E-state index contributed by atoms with van der Waals surface area (Å²) in [6.45, 7) is 0. The number of rotatable bonds is 3. The molecular formula is C18H19N3S. The average Bonchev–Trinajstić information content (AvgIpc) is 2.94. The molecule has 4 rings (SSSR count). The van der Waals surface area contributed by atoms with Gasteiger partial charge in [0, 0.05) is 12.6 Å². The van der Waals surface area contributed by atoms with Gasteiger partial charge in [-0.3, -0.25) is 4.57 Å². The summed E-state index contributed by atoms with van der Waals surface area (Å²) in [6, 6.07) is 14.6. The predicted molar refractivity (Wildman–Crippen MR) is 92.1 cm³/mol. The molecule has 1 saturated heterocycles. The number of fused-ring (bicyclic) bond motifs is 1. The third kappa shape index (κ3) is 2.63. The summed E-state index contributed by atoms with van der Waals surface area (Å²) in [5.74, 6) is 2.38. The highest BCUT2D eigenvalue weighted by molar-refractivity contribution is 7.99. The highest BCUT2D eigenvalue weighted by atomic mass is 32.2. The first-order valence-corrected chi connectivity index (χ1v) is 8.94. The third-order valence-corrected chi connectivity index (χ3v) is 5.53. The van der Waals surface area contributed by atoms with Gasteiger partial charge in [-0.2, -0.15) is 0 Å². The zero-order chi connectivity index (χ0) is 14.8. The van der Waals surface area contributed by atoms with Gasteiger partial charge in [-0.1, -0.05) is 30.3 Å². The number of thioether (sulfide) groups is 1. The second-order valence-electron chi connectivity index (χ2n) is 5.73. The van der Waals surface area contributed by atoms with E-state index < -0.39 is 0 Å². The van der Waals surface area contributed by atoms with Crippen molar-refractivity contribution < 1.29 is 0 Å². The summed E-state index contributed by atoms with van der Waals surface area (Å²) >= 11 is 2.04. The number of benzene rings is 1. The molecular weight excluding hydrogens is 290 g/mol. The van der Waals surface area contributed by atoms with Crippen LogP contribution in [0.2, 0.25) is 0 Å². The SMILES string of the molecule is c1ccc(Cc2nc3cccnc3n2C2CCCCS2)cc1. The van der Waals surface area contributed by atoms with Crippen molar-refractivity contribution in [2.45, 2.75) is 31.1 Å². The van der Waals surface area contributed by atoms with Gasteiger partial charge in [-0.05, 0) is 42.7 Å². The van der Waals surface area contributed by atoms with Crippen LogP contribution in [0.3, 0.4) is 0 Å². The van der Waals surface area contributed by atoms with Gasteiger partial charge in [0.1, 0.15) is 11.3 Å². The fourth-order valence-electron chi connectivity index (χ4n) is 3.11. The third-order valence-electron chi connectivity index (χ3n) is 4.17. The molecule has 1 aliphatic heterocycles. The Kier molecular flexibility index (Phi) is 3.85. The van der Waals surface area contributed by atoms with Crippen LogP contribution in [-0.4, -0.2) is 20.3 Å². The number of imidazole rings is 1. The lowest BCUT2D eigenvalue weighted by Crippen LogP contribution is -2.14. The Morgan fingerprint density at radius 3 is 2.82 bits per heavy atom. The summed E-state index contributed by atoms with van der Waals surface area (Å²) in [5, 5.41) is 0.479. The molecule has 0 N–H and O–H groups in total. The van der Waals surface area contributed by atoms with Crippen LogP contribution >= 0.6 is 11.8 Å². The van der Waals surface area contributed by atoms with E-state index in [4.69, 9.17) is 4.98 Å². The highest BCUT2D eigenvalue weighted by Gasteiger charge is 2.22. The number of aromatic nitrogens is 3. The van der Waals surface area contributed by atoms with E-state index in [9.17, 15) is 0 Å². The van der Waals surface area contributed by atoms with Crippen molar-refractivity contribution >= 4 is 22.9 Å². The highest BCUT2D eigenvalue weighted by Crippen LogP contribution is 2.37. The van der Waals surface area contributed by atoms with Crippen LogP contribution in [0.5, 0.6) is 0 Å². The summed E-state index contributed by atoms with van der Waals surface area (Å²) in [6.07, 6.45) is 6.59. The fourth-order valence-corrected chi connectivity index (χ4v) is 4.46. The summed E-state index contributed by atoms with van der Waals surface area (Å²) < 4.78 is 2.38. The van der Waals surface area contributed by atoms with Gasteiger partial charge in [-0.15, -0.1) is 11.8 Å². The molecule has 3 aromatic rings. The number of pyridine rings is 1. The zero-order valence-corrected chi connectivity index (χ0v) is 13.3. The molecule has 0 spiro atoms. The van der Waals surface area contributed by atoms with E-state index in [0.29, 0.717) is 5.37 Å². The first-order valence-electron chi connectivity index (χ1n) is 7.89. The number of hydrogen-bond donors (Lipinski definition) is 0. The van der Waals surface area contributed by atoms with E-state index in [0.717, 1.165) is 23.4 Å². The van der Waals surface area contributed by atoms with E-state index in [1.165, 1.54) is 30.6 Å². The lowest BCUT2D eigenvalue weighted by Gasteiger charge is -2.24. The first kappa shape index (κ1) is 13.8. The summed E-state index contributed by atoms with van der Waals surface area (Å²) in [5.41, 5.74) is 3.35. The second kappa shape index (κ2) is 6.13. The first-order chi connectivity index (χ1) is 10.9. The van der Waals surface area contributed by atoms with Gasteiger partial charge in [0.15, 0.2) is 5.65 Å². The molecule has 3 nitrogen and oxygen atoms in total. The number of nitrogens with zero attached hydrogens (tertiary/aromatic N) is 3. The molecule has 1 atom stereocenters. The fraction of sp³-hybridized carbons (Fsp3) is 0.333. The largest absolute Gasteiger partial charge is 0.300 e. The van der Waals surface area contributed by atoms with Crippen molar-refractivity contribution in [3.63, 3.8) is 0 Å². The summed E-state index contributed by atoms with van der Waals surface area (Å²) in [4.78, 5) is 9.48. The Labute approximate surface area is 134 Å². The van der Waals surface area contributed by atoms with Crippen molar-refractivity contribution in [1.82, 2.24) is 14.5 Å². The molecule has 0 bridgehead atoms. The number of hydrogen-bond acceptors (Lipinski definition) is 3. The molecule has 112 valence electrons. The molecule has 22 heavy (non-hydrogen) atoms. The lowest BCUT2D eigenvalue weighted by atomic mass is 10.1. The smallest absolute Gasteiger partial charge is 0.160 e. The van der Waals surface area contributed by atoms with Crippen molar-refractivity contribution in [3.05, 3.63) is 60.0 Å². The van der Waals surface area contributed by atoms with E-state index in [2.05, 4.69) is 45.9 Å². The standard InChI is InChI=1S/C18H19N3S/c1-2-7-14(8-3-1)13-16-20-15-9-6-11-19-18(15)21(16)17-10-4-5-12-22-17/h1-3,6-9,11,17H,4-5,10,12-13H2. The molecule has 3 heterocycles. The molecule has 2 aromatic heterocycles.